The zero-order chi connectivity index (χ0) is 34.3. The number of nitrogens with one attached hydrogen (secondary N) is 1. The molecule has 252 valence electrons. The summed E-state index contributed by atoms with van der Waals surface area (Å²) in [5.41, 5.74) is -0.102. The van der Waals surface area contributed by atoms with Gasteiger partial charge < -0.3 is 15.0 Å². The van der Waals surface area contributed by atoms with Crippen LogP contribution < -0.4 is 10.1 Å². The van der Waals surface area contributed by atoms with Crippen LogP contribution in [0.4, 0.5) is 0 Å². The molecule has 0 bridgehead atoms. The highest BCUT2D eigenvalue weighted by atomic mass is 35.5. The van der Waals surface area contributed by atoms with Crippen LogP contribution in [-0.2, 0) is 9.59 Å². The number of allylic oxidation sites excluding steroid dienone is 10. The molecule has 2 rings (SSSR count). The number of carbonyl (C=O) groups excluding carboxylic acids is 3. The predicted molar refractivity (Wildman–Crippen MR) is 195 cm³/mol. The number of ketones is 1. The number of amides is 2. The van der Waals surface area contributed by atoms with Crippen molar-refractivity contribution < 1.29 is 19.1 Å². The zero-order valence-electron chi connectivity index (χ0n) is 28.4. The third-order valence-electron chi connectivity index (χ3n) is 7.22. The van der Waals surface area contributed by atoms with Crippen LogP contribution in [0.1, 0.15) is 88.1 Å². The average Bonchev–Trinajstić information content (AvgIpc) is 3.06. The predicted octanol–water partition coefficient (Wildman–Crippen LogP) is 9.22. The molecular formula is C40H51ClN2O4. The van der Waals surface area contributed by atoms with Crippen LogP contribution in [-0.4, -0.2) is 48.2 Å². The summed E-state index contributed by atoms with van der Waals surface area (Å²) in [6.07, 6.45) is 28.7. The van der Waals surface area contributed by atoms with Crippen molar-refractivity contribution in [1.82, 2.24) is 10.2 Å². The molecule has 0 fully saturated rings. The molecule has 6 nitrogen and oxygen atoms in total. The first-order valence-electron chi connectivity index (χ1n) is 16.5. The molecule has 0 saturated heterocycles. The van der Waals surface area contributed by atoms with Crippen molar-refractivity contribution in [2.45, 2.75) is 77.7 Å². The second-order valence-corrected chi connectivity index (χ2v) is 12.1. The van der Waals surface area contributed by atoms with Gasteiger partial charge in [0.25, 0.3) is 5.91 Å². The highest BCUT2D eigenvalue weighted by Crippen LogP contribution is 2.21. The Hall–Kier alpha value is -4.16. The summed E-state index contributed by atoms with van der Waals surface area (Å²) in [6, 6.07) is 13.4. The lowest BCUT2D eigenvalue weighted by Gasteiger charge is -2.26. The number of unbranched alkanes of at least 4 members (excludes halogenated alkanes) is 1. The van der Waals surface area contributed by atoms with Gasteiger partial charge in [0, 0.05) is 42.7 Å². The molecule has 2 aromatic carbocycles. The highest BCUT2D eigenvalue weighted by Gasteiger charge is 2.30. The first-order valence-corrected chi connectivity index (χ1v) is 16.9. The fourth-order valence-electron chi connectivity index (χ4n) is 4.39. The summed E-state index contributed by atoms with van der Waals surface area (Å²) >= 11 is 5.91. The molecule has 0 saturated carbocycles. The second-order valence-electron chi connectivity index (χ2n) is 11.6. The maximum Gasteiger partial charge on any atom is 0.263 e. The maximum atomic E-state index is 12.8. The number of ether oxygens (including phenoxy) is 1. The number of hydrogen-bond acceptors (Lipinski definition) is 4. The van der Waals surface area contributed by atoms with Gasteiger partial charge in [0.2, 0.25) is 5.91 Å². The van der Waals surface area contributed by atoms with Gasteiger partial charge in [0.15, 0.2) is 11.4 Å². The molecule has 0 aliphatic carbocycles. The van der Waals surface area contributed by atoms with Gasteiger partial charge in [0.05, 0.1) is 0 Å². The van der Waals surface area contributed by atoms with Crippen molar-refractivity contribution in [3.63, 3.8) is 0 Å². The van der Waals surface area contributed by atoms with E-state index < -0.39 is 5.60 Å². The number of likely N-dealkylation sites (N-methyl/N-ethyl adjacent to an activating group) is 1. The lowest BCUT2D eigenvalue weighted by molar-refractivity contribution is -0.135. The number of halogens is 1. The van der Waals surface area contributed by atoms with Crippen molar-refractivity contribution in [3.05, 3.63) is 125 Å². The van der Waals surface area contributed by atoms with Crippen molar-refractivity contribution in [3.8, 4) is 5.75 Å². The van der Waals surface area contributed by atoms with Crippen LogP contribution in [0.5, 0.6) is 5.75 Å². The van der Waals surface area contributed by atoms with E-state index in [0.29, 0.717) is 41.4 Å². The van der Waals surface area contributed by atoms with E-state index in [9.17, 15) is 14.4 Å². The van der Waals surface area contributed by atoms with E-state index in [4.69, 9.17) is 16.3 Å². The van der Waals surface area contributed by atoms with Gasteiger partial charge in [-0.3, -0.25) is 14.4 Å². The second kappa shape index (κ2) is 22.4. The van der Waals surface area contributed by atoms with Crippen molar-refractivity contribution >= 4 is 29.2 Å². The van der Waals surface area contributed by atoms with E-state index in [-0.39, 0.29) is 17.6 Å². The number of benzene rings is 2. The van der Waals surface area contributed by atoms with Gasteiger partial charge in [-0.25, -0.2) is 0 Å². The largest absolute Gasteiger partial charge is 0.478 e. The molecule has 0 heterocycles. The van der Waals surface area contributed by atoms with Gasteiger partial charge in [-0.2, -0.15) is 0 Å². The SMILES string of the molecule is CCC=CCC=CCC=CCC=CCC=CCCCC(=O)N(C)CCNC(=O)C(C)(C)Oc1ccc(C(=O)c2ccc(Cl)cc2)cc1. The highest BCUT2D eigenvalue weighted by molar-refractivity contribution is 6.30. The van der Waals surface area contributed by atoms with Crippen molar-refractivity contribution in [2.24, 2.45) is 0 Å². The van der Waals surface area contributed by atoms with Crippen molar-refractivity contribution in [2.75, 3.05) is 20.1 Å². The van der Waals surface area contributed by atoms with Gasteiger partial charge in [0.1, 0.15) is 5.75 Å². The molecule has 0 atom stereocenters. The standard InChI is InChI=1S/C40H51ClN2O4/c1-5-6-7-8-9-10-11-12-13-14-15-16-17-18-19-20-21-22-37(44)43(4)32-31-42-39(46)40(2,3)47-36-29-25-34(26-30-36)38(45)33-23-27-35(41)28-24-33/h6-7,9-10,12-13,15-16,18-19,23-30H,5,8,11,14,17,20-22,31-32H2,1-4H3,(H,42,46). The Bertz CT molecular complexity index is 1390. The van der Waals surface area contributed by atoms with Gasteiger partial charge in [-0.05, 0) is 107 Å². The maximum absolute atomic E-state index is 12.8. The van der Waals surface area contributed by atoms with Crippen LogP contribution in [0, 0.1) is 0 Å². The smallest absolute Gasteiger partial charge is 0.263 e. The molecule has 0 aromatic heterocycles. The molecule has 0 aliphatic rings. The number of rotatable bonds is 21. The van der Waals surface area contributed by atoms with Crippen LogP contribution >= 0.6 is 11.6 Å². The molecule has 1 N–H and O–H groups in total. The molecule has 2 amide bonds. The average molecular weight is 659 g/mol. The summed E-state index contributed by atoms with van der Waals surface area (Å²) < 4.78 is 5.93. The third-order valence-corrected chi connectivity index (χ3v) is 7.47. The Morgan fingerprint density at radius 3 is 1.79 bits per heavy atom. The van der Waals surface area contributed by atoms with Gasteiger partial charge in [-0.1, -0.05) is 79.3 Å². The van der Waals surface area contributed by atoms with Gasteiger partial charge >= 0.3 is 0 Å². The van der Waals surface area contributed by atoms with Crippen molar-refractivity contribution in [1.29, 1.82) is 0 Å². The van der Waals surface area contributed by atoms with Gasteiger partial charge in [-0.15, -0.1) is 0 Å². The minimum Gasteiger partial charge on any atom is -0.478 e. The van der Waals surface area contributed by atoms with Crippen LogP contribution in [0.2, 0.25) is 5.02 Å². The molecule has 0 unspecified atom stereocenters. The molecule has 2 aromatic rings. The Kier molecular flexibility index (Phi) is 18.6. The zero-order valence-corrected chi connectivity index (χ0v) is 29.2. The molecule has 47 heavy (non-hydrogen) atoms. The Labute approximate surface area is 286 Å². The molecule has 0 aliphatic heterocycles. The van der Waals surface area contributed by atoms with Crippen LogP contribution in [0.3, 0.4) is 0 Å². The minimum atomic E-state index is -1.15. The van der Waals surface area contributed by atoms with E-state index >= 15 is 0 Å². The van der Waals surface area contributed by atoms with Crippen LogP contribution in [0.25, 0.3) is 0 Å². The van der Waals surface area contributed by atoms with E-state index in [1.54, 1.807) is 74.3 Å². The summed E-state index contributed by atoms with van der Waals surface area (Å²) in [5.74, 6) is 0.101. The number of hydrogen-bond donors (Lipinski definition) is 1. The first kappa shape index (κ1) is 39.0. The lowest BCUT2D eigenvalue weighted by atomic mass is 10.0. The quantitative estimate of drug-likeness (QED) is 0.0824. The summed E-state index contributed by atoms with van der Waals surface area (Å²) in [4.78, 5) is 39.7. The normalized spacial score (nSPS) is 12.2. The Balaban J connectivity index is 1.59. The Morgan fingerprint density at radius 1 is 0.766 bits per heavy atom. The summed E-state index contributed by atoms with van der Waals surface area (Å²) in [7, 11) is 1.75. The first-order chi connectivity index (χ1) is 22.6. The lowest BCUT2D eigenvalue weighted by Crippen LogP contribution is -2.48. The third kappa shape index (κ3) is 16.3. The topological polar surface area (TPSA) is 75.7 Å². The summed E-state index contributed by atoms with van der Waals surface area (Å²) in [6.45, 7) is 6.22. The number of carbonyl (C=O) groups is 3. The van der Waals surface area contributed by atoms with E-state index in [1.807, 2.05) is 0 Å². The van der Waals surface area contributed by atoms with E-state index in [1.165, 1.54) is 0 Å². The molecule has 0 spiro atoms. The molecular weight excluding hydrogens is 608 g/mol. The summed E-state index contributed by atoms with van der Waals surface area (Å²) in [5, 5.41) is 3.43. The van der Waals surface area contributed by atoms with E-state index in [2.05, 4.69) is 73.0 Å². The van der Waals surface area contributed by atoms with Crippen LogP contribution in [0.15, 0.2) is 109 Å². The van der Waals surface area contributed by atoms with E-state index in [0.717, 1.165) is 44.9 Å². The molecule has 0 radical (unpaired) electrons. The fourth-order valence-corrected chi connectivity index (χ4v) is 4.51. The fraction of sp³-hybridized carbons (Fsp3) is 0.375. The number of nitrogens with zero attached hydrogens (tertiary/aromatic N) is 1. The molecule has 7 heteroatoms. The monoisotopic (exact) mass is 658 g/mol. The Morgan fingerprint density at radius 2 is 1.26 bits per heavy atom. The minimum absolute atomic E-state index is 0.0512.